The van der Waals surface area contributed by atoms with Gasteiger partial charge in [-0.15, -0.1) is 0 Å². The second kappa shape index (κ2) is 4.28. The van der Waals surface area contributed by atoms with Crippen molar-refractivity contribution in [2.45, 2.75) is 33.1 Å². The molecule has 0 aliphatic rings. The van der Waals surface area contributed by atoms with Gasteiger partial charge in [-0.2, -0.15) is 0 Å². The molecule has 0 aliphatic heterocycles. The Hall–Kier alpha value is -1.70. The predicted molar refractivity (Wildman–Crippen MR) is 70.9 cm³/mol. The van der Waals surface area contributed by atoms with E-state index in [9.17, 15) is 0 Å². The van der Waals surface area contributed by atoms with Crippen LogP contribution in [0.4, 0.5) is 0 Å². The van der Waals surface area contributed by atoms with E-state index in [0.29, 0.717) is 0 Å². The maximum atomic E-state index is 4.70. The monoisotopic (exact) mass is 226 g/mol. The Morgan fingerprint density at radius 1 is 1.00 bits per heavy atom. The highest BCUT2D eigenvalue weighted by Crippen LogP contribution is 2.25. The van der Waals surface area contributed by atoms with E-state index in [1.165, 1.54) is 0 Å². The largest absolute Gasteiger partial charge is 0.236 e. The number of hydrogen-bond donors (Lipinski definition) is 0. The van der Waals surface area contributed by atoms with Gasteiger partial charge in [0.05, 0.1) is 5.69 Å². The third kappa shape index (κ3) is 2.52. The lowest BCUT2D eigenvalue weighted by molar-refractivity contribution is 0.563. The fourth-order valence-corrected chi connectivity index (χ4v) is 1.93. The quantitative estimate of drug-likeness (QED) is 0.740. The van der Waals surface area contributed by atoms with E-state index in [-0.39, 0.29) is 5.41 Å². The van der Waals surface area contributed by atoms with E-state index >= 15 is 0 Å². The van der Waals surface area contributed by atoms with Gasteiger partial charge in [-0.3, -0.25) is 0 Å². The molecule has 1 aromatic heterocycles. The van der Waals surface area contributed by atoms with E-state index in [2.05, 4.69) is 32.7 Å². The highest BCUT2D eigenvalue weighted by atomic mass is 14.9. The predicted octanol–water partition coefficient (Wildman–Crippen LogP) is 3.75. The summed E-state index contributed by atoms with van der Waals surface area (Å²) >= 11 is 0. The van der Waals surface area contributed by atoms with E-state index in [1.807, 2.05) is 36.5 Å². The van der Waals surface area contributed by atoms with Gasteiger partial charge in [0.25, 0.3) is 0 Å². The average Bonchev–Trinajstić information content (AvgIpc) is 2.29. The molecule has 0 unspecified atom stereocenters. The maximum Gasteiger partial charge on any atom is 0.159 e. The van der Waals surface area contributed by atoms with Crippen LogP contribution in [0.3, 0.4) is 0 Å². The summed E-state index contributed by atoms with van der Waals surface area (Å²) in [7, 11) is 0. The lowest BCUT2D eigenvalue weighted by atomic mass is 9.89. The molecule has 2 aromatic rings. The van der Waals surface area contributed by atoms with Gasteiger partial charge in [0.15, 0.2) is 5.82 Å². The van der Waals surface area contributed by atoms with Gasteiger partial charge in [-0.1, -0.05) is 51.1 Å². The number of benzene rings is 1. The minimum absolute atomic E-state index is 0.0521. The van der Waals surface area contributed by atoms with Crippen LogP contribution in [-0.4, -0.2) is 9.97 Å². The summed E-state index contributed by atoms with van der Waals surface area (Å²) in [5.41, 5.74) is 3.39. The van der Waals surface area contributed by atoms with Crippen molar-refractivity contribution in [1.29, 1.82) is 0 Å². The number of nitrogens with zero attached hydrogens (tertiary/aromatic N) is 2. The molecule has 2 rings (SSSR count). The van der Waals surface area contributed by atoms with E-state index in [1.54, 1.807) is 0 Å². The molecule has 1 heterocycles. The molecule has 0 saturated heterocycles. The van der Waals surface area contributed by atoms with Crippen molar-refractivity contribution in [2.24, 2.45) is 0 Å². The molecule has 0 N–H and O–H groups in total. The van der Waals surface area contributed by atoms with Crippen LogP contribution in [0, 0.1) is 6.92 Å². The number of rotatable bonds is 1. The molecule has 0 spiro atoms. The molecular formula is C15H18N2. The van der Waals surface area contributed by atoms with Crippen molar-refractivity contribution in [3.63, 3.8) is 0 Å². The SMILES string of the molecule is Cc1cnc(-c2ccccc2)nc1C(C)(C)C. The summed E-state index contributed by atoms with van der Waals surface area (Å²) in [6, 6.07) is 10.1. The Morgan fingerprint density at radius 3 is 2.24 bits per heavy atom. The first-order valence-electron chi connectivity index (χ1n) is 5.88. The Labute approximate surface area is 103 Å². The van der Waals surface area contributed by atoms with Crippen molar-refractivity contribution < 1.29 is 0 Å². The molecule has 0 saturated carbocycles. The van der Waals surface area contributed by atoms with Crippen LogP contribution in [0.5, 0.6) is 0 Å². The van der Waals surface area contributed by atoms with Gasteiger partial charge in [0.1, 0.15) is 0 Å². The maximum absolute atomic E-state index is 4.70. The molecule has 0 bridgehead atoms. The first kappa shape index (κ1) is 11.8. The second-order valence-electron chi connectivity index (χ2n) is 5.34. The molecule has 88 valence electrons. The number of aryl methyl sites for hydroxylation is 1. The zero-order chi connectivity index (χ0) is 12.5. The summed E-state index contributed by atoms with van der Waals surface area (Å²) in [5.74, 6) is 0.807. The van der Waals surface area contributed by atoms with Gasteiger partial charge in [-0.05, 0) is 12.5 Å². The molecule has 0 fully saturated rings. The highest BCUT2D eigenvalue weighted by Gasteiger charge is 2.19. The molecule has 0 atom stereocenters. The van der Waals surface area contributed by atoms with E-state index in [0.717, 1.165) is 22.6 Å². The minimum atomic E-state index is 0.0521. The molecule has 0 aliphatic carbocycles. The third-order valence-corrected chi connectivity index (χ3v) is 2.71. The van der Waals surface area contributed by atoms with Crippen molar-refractivity contribution in [1.82, 2.24) is 9.97 Å². The molecule has 2 heteroatoms. The summed E-state index contributed by atoms with van der Waals surface area (Å²) < 4.78 is 0. The number of aromatic nitrogens is 2. The van der Waals surface area contributed by atoms with Crippen LogP contribution in [0.2, 0.25) is 0 Å². The molecule has 0 amide bonds. The van der Waals surface area contributed by atoms with Crippen LogP contribution >= 0.6 is 0 Å². The summed E-state index contributed by atoms with van der Waals surface area (Å²) in [5, 5.41) is 0. The smallest absolute Gasteiger partial charge is 0.159 e. The van der Waals surface area contributed by atoms with Crippen molar-refractivity contribution in [2.75, 3.05) is 0 Å². The van der Waals surface area contributed by atoms with Crippen LogP contribution in [0.15, 0.2) is 36.5 Å². The minimum Gasteiger partial charge on any atom is -0.236 e. The lowest BCUT2D eigenvalue weighted by Gasteiger charge is -2.20. The van der Waals surface area contributed by atoms with Gasteiger partial charge in [-0.25, -0.2) is 9.97 Å². The molecule has 0 radical (unpaired) electrons. The summed E-state index contributed by atoms with van der Waals surface area (Å²) in [6.07, 6.45) is 1.91. The Kier molecular flexibility index (Phi) is 2.97. The van der Waals surface area contributed by atoms with Crippen LogP contribution < -0.4 is 0 Å². The Balaban J connectivity index is 2.53. The van der Waals surface area contributed by atoms with Gasteiger partial charge < -0.3 is 0 Å². The van der Waals surface area contributed by atoms with Crippen molar-refractivity contribution >= 4 is 0 Å². The summed E-state index contributed by atoms with van der Waals surface area (Å²) in [4.78, 5) is 9.11. The second-order valence-corrected chi connectivity index (χ2v) is 5.34. The zero-order valence-electron chi connectivity index (χ0n) is 10.9. The zero-order valence-corrected chi connectivity index (χ0v) is 10.9. The fraction of sp³-hybridized carbons (Fsp3) is 0.333. The van der Waals surface area contributed by atoms with Crippen molar-refractivity contribution in [3.05, 3.63) is 47.8 Å². The van der Waals surface area contributed by atoms with Crippen LogP contribution in [-0.2, 0) is 5.41 Å². The molecule has 17 heavy (non-hydrogen) atoms. The Bertz CT molecular complexity index is 510. The molecular weight excluding hydrogens is 208 g/mol. The molecule has 2 nitrogen and oxygen atoms in total. The topological polar surface area (TPSA) is 25.8 Å². The van der Waals surface area contributed by atoms with Crippen molar-refractivity contribution in [3.8, 4) is 11.4 Å². The van der Waals surface area contributed by atoms with E-state index < -0.39 is 0 Å². The van der Waals surface area contributed by atoms with Gasteiger partial charge in [0.2, 0.25) is 0 Å². The fourth-order valence-electron chi connectivity index (χ4n) is 1.93. The standard InChI is InChI=1S/C15H18N2/c1-11-10-16-14(12-8-6-5-7-9-12)17-13(11)15(2,3)4/h5-10H,1-4H3. The third-order valence-electron chi connectivity index (χ3n) is 2.71. The highest BCUT2D eigenvalue weighted by molar-refractivity contribution is 5.55. The first-order valence-corrected chi connectivity index (χ1v) is 5.88. The van der Waals surface area contributed by atoms with Gasteiger partial charge >= 0.3 is 0 Å². The summed E-state index contributed by atoms with van der Waals surface area (Å²) in [6.45, 7) is 8.60. The number of hydrogen-bond acceptors (Lipinski definition) is 2. The Morgan fingerprint density at radius 2 is 1.65 bits per heavy atom. The van der Waals surface area contributed by atoms with Crippen LogP contribution in [0.25, 0.3) is 11.4 Å². The normalized spacial score (nSPS) is 11.5. The van der Waals surface area contributed by atoms with Crippen LogP contribution in [0.1, 0.15) is 32.0 Å². The van der Waals surface area contributed by atoms with Gasteiger partial charge in [0, 0.05) is 17.2 Å². The average molecular weight is 226 g/mol. The van der Waals surface area contributed by atoms with E-state index in [4.69, 9.17) is 4.98 Å². The first-order chi connectivity index (χ1) is 7.98. The molecule has 1 aromatic carbocycles. The lowest BCUT2D eigenvalue weighted by Crippen LogP contribution is -2.16.